The molecule has 7 heteroatoms. The predicted octanol–water partition coefficient (Wildman–Crippen LogP) is 2.83. The maximum Gasteiger partial charge on any atom is 0.257 e. The van der Waals surface area contributed by atoms with E-state index in [0.717, 1.165) is 29.7 Å². The minimum atomic E-state index is -0.229. The summed E-state index contributed by atoms with van der Waals surface area (Å²) in [5.41, 5.74) is 15.6. The molecular weight excluding hydrogens is 316 g/mol. The van der Waals surface area contributed by atoms with Crippen LogP contribution in [0.3, 0.4) is 0 Å². The fourth-order valence-electron chi connectivity index (χ4n) is 2.84. The first kappa shape index (κ1) is 16.6. The Kier molecular flexibility index (Phi) is 4.47. The molecule has 0 aliphatic rings. The molecule has 130 valence electrons. The largest absolute Gasteiger partial charge is 0.397 e. The first-order valence-corrected chi connectivity index (χ1v) is 8.21. The van der Waals surface area contributed by atoms with Gasteiger partial charge in [0.2, 0.25) is 0 Å². The van der Waals surface area contributed by atoms with Crippen LogP contribution in [0, 0.1) is 0 Å². The van der Waals surface area contributed by atoms with Crippen molar-refractivity contribution in [1.29, 1.82) is 0 Å². The minimum absolute atomic E-state index is 0.229. The highest BCUT2D eigenvalue weighted by molar-refractivity contribution is 6.10. The molecule has 0 radical (unpaired) electrons. The monoisotopic (exact) mass is 338 g/mol. The Morgan fingerprint density at radius 1 is 1.16 bits per heavy atom. The second-order valence-electron chi connectivity index (χ2n) is 5.80. The zero-order valence-corrected chi connectivity index (χ0v) is 14.3. The number of carbonyl (C=O) groups is 1. The molecule has 0 bridgehead atoms. The molecule has 0 aliphatic carbocycles. The van der Waals surface area contributed by atoms with Crippen molar-refractivity contribution in [3.63, 3.8) is 0 Å². The summed E-state index contributed by atoms with van der Waals surface area (Å²) in [6.45, 7) is 5.59. The van der Waals surface area contributed by atoms with Gasteiger partial charge in [-0.1, -0.05) is 0 Å². The second-order valence-corrected chi connectivity index (χ2v) is 5.80. The number of H-pyrrole nitrogens is 1. The molecule has 1 amide bonds. The molecule has 3 aromatic rings. The normalized spacial score (nSPS) is 10.8. The van der Waals surface area contributed by atoms with E-state index in [9.17, 15) is 4.79 Å². The van der Waals surface area contributed by atoms with Crippen LogP contribution in [0.1, 0.15) is 24.2 Å². The van der Waals surface area contributed by atoms with Crippen LogP contribution in [0.2, 0.25) is 0 Å². The molecule has 0 unspecified atom stereocenters. The lowest BCUT2D eigenvalue weighted by Crippen LogP contribution is -2.26. The van der Waals surface area contributed by atoms with E-state index in [-0.39, 0.29) is 5.91 Å². The van der Waals surface area contributed by atoms with Gasteiger partial charge in [0.25, 0.3) is 5.91 Å². The van der Waals surface area contributed by atoms with E-state index < -0.39 is 0 Å². The van der Waals surface area contributed by atoms with Crippen LogP contribution < -0.4 is 21.7 Å². The zero-order chi connectivity index (χ0) is 18.0. The summed E-state index contributed by atoms with van der Waals surface area (Å²) >= 11 is 0. The van der Waals surface area contributed by atoms with Gasteiger partial charge in [-0.15, -0.1) is 0 Å². The van der Waals surface area contributed by atoms with Crippen molar-refractivity contribution in [2.24, 2.45) is 0 Å². The number of hydrogen-bond donors (Lipinski definition) is 4. The number of fused-ring (bicyclic) bond motifs is 1. The first-order chi connectivity index (χ1) is 12.0. The Morgan fingerprint density at radius 2 is 1.88 bits per heavy atom. The zero-order valence-electron chi connectivity index (χ0n) is 14.3. The van der Waals surface area contributed by atoms with Gasteiger partial charge in [-0.25, -0.2) is 0 Å². The molecular formula is C18H22N6O. The molecule has 0 saturated heterocycles. The topological polar surface area (TPSA) is 113 Å². The highest BCUT2D eigenvalue weighted by atomic mass is 16.1. The number of carbonyl (C=O) groups excluding carboxylic acids is 1. The summed E-state index contributed by atoms with van der Waals surface area (Å²) in [4.78, 5) is 14.9. The van der Waals surface area contributed by atoms with Crippen molar-refractivity contribution in [1.82, 2.24) is 10.2 Å². The maximum absolute atomic E-state index is 12.8. The van der Waals surface area contributed by atoms with Crippen molar-refractivity contribution < 1.29 is 4.79 Å². The number of anilines is 4. The Labute approximate surface area is 146 Å². The third kappa shape index (κ3) is 3.21. The quantitative estimate of drug-likeness (QED) is 0.534. The van der Waals surface area contributed by atoms with E-state index in [1.54, 1.807) is 18.3 Å². The van der Waals surface area contributed by atoms with Crippen LogP contribution in [0.4, 0.5) is 22.7 Å². The van der Waals surface area contributed by atoms with Crippen molar-refractivity contribution in [2.45, 2.75) is 13.8 Å². The maximum atomic E-state index is 12.8. The van der Waals surface area contributed by atoms with Crippen LogP contribution in [-0.2, 0) is 0 Å². The molecule has 1 heterocycles. The molecule has 0 aliphatic heterocycles. The van der Waals surface area contributed by atoms with E-state index >= 15 is 0 Å². The lowest BCUT2D eigenvalue weighted by atomic mass is 10.1. The first-order valence-electron chi connectivity index (χ1n) is 8.21. The fraction of sp³-hybridized carbons (Fsp3) is 0.222. The Hall–Kier alpha value is -3.22. The SMILES string of the molecule is CCN(CC)c1cc(N)c(N)cc1C(=O)Nc1ccc2cn[nH]c2c1. The number of amides is 1. The number of nitrogens with one attached hydrogen (secondary N) is 2. The number of aromatic nitrogens is 2. The predicted molar refractivity (Wildman–Crippen MR) is 103 cm³/mol. The van der Waals surface area contributed by atoms with Gasteiger partial charge in [-0.3, -0.25) is 9.89 Å². The molecule has 0 saturated carbocycles. The Bertz CT molecular complexity index is 913. The second kappa shape index (κ2) is 6.72. The summed E-state index contributed by atoms with van der Waals surface area (Å²) in [5.74, 6) is -0.229. The van der Waals surface area contributed by atoms with Gasteiger partial charge in [-0.05, 0) is 44.2 Å². The smallest absolute Gasteiger partial charge is 0.257 e. The van der Waals surface area contributed by atoms with Gasteiger partial charge >= 0.3 is 0 Å². The molecule has 2 aromatic carbocycles. The molecule has 6 N–H and O–H groups in total. The van der Waals surface area contributed by atoms with E-state index in [2.05, 4.69) is 20.4 Å². The molecule has 1 aromatic heterocycles. The minimum Gasteiger partial charge on any atom is -0.397 e. The van der Waals surface area contributed by atoms with Gasteiger partial charge in [0.1, 0.15) is 0 Å². The third-order valence-corrected chi connectivity index (χ3v) is 4.25. The van der Waals surface area contributed by atoms with Crippen molar-refractivity contribution in [3.8, 4) is 0 Å². The molecule has 3 rings (SSSR count). The van der Waals surface area contributed by atoms with Gasteiger partial charge in [0.15, 0.2) is 0 Å². The Balaban J connectivity index is 1.96. The standard InChI is InChI=1S/C18H22N6O/c1-3-24(4-2)17-9-15(20)14(19)8-13(17)18(25)22-12-6-5-11-10-21-23-16(11)7-12/h5-10H,3-4,19-20H2,1-2H3,(H,21,23)(H,22,25). The fourth-order valence-corrected chi connectivity index (χ4v) is 2.84. The lowest BCUT2D eigenvalue weighted by molar-refractivity contribution is 0.102. The summed E-state index contributed by atoms with van der Waals surface area (Å²) in [7, 11) is 0. The highest BCUT2D eigenvalue weighted by Gasteiger charge is 2.18. The number of nitrogen functional groups attached to an aromatic ring is 2. The number of benzene rings is 2. The van der Waals surface area contributed by atoms with E-state index in [1.165, 1.54) is 0 Å². The molecule has 7 nitrogen and oxygen atoms in total. The van der Waals surface area contributed by atoms with Gasteiger partial charge in [-0.2, -0.15) is 5.10 Å². The van der Waals surface area contributed by atoms with Crippen LogP contribution >= 0.6 is 0 Å². The third-order valence-electron chi connectivity index (χ3n) is 4.25. The van der Waals surface area contributed by atoms with E-state index in [1.807, 2.05) is 32.0 Å². The average molecular weight is 338 g/mol. The summed E-state index contributed by atoms with van der Waals surface area (Å²) in [5, 5.41) is 10.8. The van der Waals surface area contributed by atoms with Crippen LogP contribution in [0.25, 0.3) is 10.9 Å². The van der Waals surface area contributed by atoms with Crippen molar-refractivity contribution in [3.05, 3.63) is 42.1 Å². The summed E-state index contributed by atoms with van der Waals surface area (Å²) in [6.07, 6.45) is 1.74. The molecule has 0 spiro atoms. The average Bonchev–Trinajstić information content (AvgIpc) is 3.06. The summed E-state index contributed by atoms with van der Waals surface area (Å²) < 4.78 is 0. The van der Waals surface area contributed by atoms with Crippen molar-refractivity contribution in [2.75, 3.05) is 34.8 Å². The number of rotatable bonds is 5. The lowest BCUT2D eigenvalue weighted by Gasteiger charge is -2.24. The van der Waals surface area contributed by atoms with Crippen molar-refractivity contribution >= 4 is 39.6 Å². The molecule has 0 atom stereocenters. The van der Waals surface area contributed by atoms with Crippen LogP contribution in [0.15, 0.2) is 36.5 Å². The number of aromatic amines is 1. The Morgan fingerprint density at radius 3 is 2.60 bits per heavy atom. The number of nitrogens with zero attached hydrogens (tertiary/aromatic N) is 2. The van der Waals surface area contributed by atoms with Gasteiger partial charge < -0.3 is 21.7 Å². The number of hydrogen-bond acceptors (Lipinski definition) is 5. The number of nitrogens with two attached hydrogens (primary N) is 2. The van der Waals surface area contributed by atoms with E-state index in [0.29, 0.717) is 22.6 Å². The summed E-state index contributed by atoms with van der Waals surface area (Å²) in [6, 6.07) is 8.98. The molecule has 0 fully saturated rings. The van der Waals surface area contributed by atoms with Gasteiger partial charge in [0, 0.05) is 24.2 Å². The van der Waals surface area contributed by atoms with E-state index in [4.69, 9.17) is 11.5 Å². The van der Waals surface area contributed by atoms with Crippen LogP contribution in [-0.4, -0.2) is 29.2 Å². The highest BCUT2D eigenvalue weighted by Crippen LogP contribution is 2.29. The van der Waals surface area contributed by atoms with Gasteiger partial charge in [0.05, 0.1) is 34.3 Å². The van der Waals surface area contributed by atoms with Crippen LogP contribution in [0.5, 0.6) is 0 Å². The molecule has 25 heavy (non-hydrogen) atoms.